The molecule has 4 N–H and O–H groups in total. The number of alkyl carbamates (subject to hydrolysis) is 1. The number of H-pyrrole nitrogens is 1. The molecule has 0 saturated carbocycles. The maximum atomic E-state index is 14.0. The summed E-state index contributed by atoms with van der Waals surface area (Å²) < 4.78 is 11.2. The zero-order valence-electron chi connectivity index (χ0n) is 26.3. The van der Waals surface area contributed by atoms with Crippen molar-refractivity contribution >= 4 is 17.7 Å². The number of aromatic amines is 1. The first-order chi connectivity index (χ1) is 23.1. The number of imidazole rings is 1. The number of rotatable bonds is 11. The Labute approximate surface area is 274 Å². The van der Waals surface area contributed by atoms with Crippen LogP contribution in [0.4, 0.5) is 10.5 Å². The normalized spacial score (nSPS) is 16.7. The van der Waals surface area contributed by atoms with Crippen LogP contribution in [0.3, 0.4) is 0 Å². The maximum Gasteiger partial charge on any atom is 0.407 e. The second-order valence-electron chi connectivity index (χ2n) is 11.6. The number of hydrogen-bond donors (Lipinski definition) is 4. The molecule has 9 heteroatoms. The number of nitrogens with zero attached hydrogens (tertiary/aromatic N) is 1. The Morgan fingerprint density at radius 3 is 2.17 bits per heavy atom. The molecule has 6 rings (SSSR count). The van der Waals surface area contributed by atoms with Crippen molar-refractivity contribution in [1.82, 2.24) is 20.6 Å². The molecule has 1 aliphatic rings. The van der Waals surface area contributed by atoms with Gasteiger partial charge < -0.3 is 30.4 Å². The van der Waals surface area contributed by atoms with E-state index < -0.39 is 18.1 Å². The molecule has 2 amide bonds. The third-order valence-corrected chi connectivity index (χ3v) is 8.51. The van der Waals surface area contributed by atoms with Gasteiger partial charge in [-0.3, -0.25) is 4.79 Å². The van der Waals surface area contributed by atoms with Gasteiger partial charge in [-0.05, 0) is 35.6 Å². The summed E-state index contributed by atoms with van der Waals surface area (Å²) in [6.07, 6.45) is 2.67. The van der Waals surface area contributed by atoms with Gasteiger partial charge in [0.1, 0.15) is 11.9 Å². The summed E-state index contributed by atoms with van der Waals surface area (Å²) in [6.45, 7) is 1.22. The number of carbonyl (C=O) groups excluding carboxylic acids is 2. The number of methoxy groups -OCH3 is 1. The van der Waals surface area contributed by atoms with Crippen LogP contribution in [0.5, 0.6) is 0 Å². The molecule has 4 aromatic carbocycles. The fourth-order valence-electron chi connectivity index (χ4n) is 6.04. The Hall–Kier alpha value is -5.25. The molecule has 1 fully saturated rings. The lowest BCUT2D eigenvalue weighted by molar-refractivity contribution is -0.118. The van der Waals surface area contributed by atoms with Crippen LogP contribution in [-0.2, 0) is 20.7 Å². The van der Waals surface area contributed by atoms with E-state index in [0.29, 0.717) is 25.3 Å². The number of nitrogens with one attached hydrogen (secondary N) is 4. The fourth-order valence-corrected chi connectivity index (χ4v) is 6.04. The van der Waals surface area contributed by atoms with Crippen molar-refractivity contribution in [3.63, 3.8) is 0 Å². The highest BCUT2D eigenvalue weighted by Gasteiger charge is 2.33. The van der Waals surface area contributed by atoms with Crippen molar-refractivity contribution < 1.29 is 19.1 Å². The number of carbonyl (C=O) groups is 2. The molecule has 0 radical (unpaired) electrons. The number of para-hydroxylation sites is 1. The number of amides is 2. The van der Waals surface area contributed by atoms with Crippen molar-refractivity contribution in [2.24, 2.45) is 0 Å². The zero-order chi connectivity index (χ0) is 32.4. The Morgan fingerprint density at radius 2 is 1.53 bits per heavy atom. The van der Waals surface area contributed by atoms with Gasteiger partial charge in [-0.15, -0.1) is 0 Å². The molecule has 0 bridgehead atoms. The van der Waals surface area contributed by atoms with E-state index >= 15 is 0 Å². The Bertz CT molecular complexity index is 1700. The minimum Gasteiger partial charge on any atom is -0.453 e. The number of aryl methyl sites for hydroxylation is 1. The molecule has 1 aliphatic heterocycles. The molecule has 1 saturated heterocycles. The second kappa shape index (κ2) is 15.4. The summed E-state index contributed by atoms with van der Waals surface area (Å²) in [6, 6.07) is 36.3. The van der Waals surface area contributed by atoms with E-state index in [1.54, 1.807) is 0 Å². The third kappa shape index (κ3) is 7.95. The van der Waals surface area contributed by atoms with E-state index in [0.717, 1.165) is 40.2 Å². The lowest BCUT2D eigenvalue weighted by Gasteiger charge is -2.30. The summed E-state index contributed by atoms with van der Waals surface area (Å²) in [5, 5.41) is 9.52. The van der Waals surface area contributed by atoms with E-state index in [-0.39, 0.29) is 18.1 Å². The summed E-state index contributed by atoms with van der Waals surface area (Å²) in [5.41, 5.74) is 5.52. The van der Waals surface area contributed by atoms with Crippen LogP contribution in [0.15, 0.2) is 121 Å². The fraction of sp³-hybridized carbons (Fsp3) is 0.237. The standard InChI is InChI=1S/C38H39N5O4/c1-46-38(45)43-35(34(27-14-5-2-6-15-27)28-16-7-3-8-17-28)37(44)42-31-20-12-11-13-26(31)21-22-30-23-39-33(25-47-30)32-24-40-36(41-32)29-18-9-4-10-19-29/h2-20,24,30,33-35,39H,21-23,25H2,1H3,(H,40,41)(H,42,44)(H,43,45). The zero-order valence-corrected chi connectivity index (χ0v) is 26.3. The van der Waals surface area contributed by atoms with Crippen molar-refractivity contribution in [2.45, 2.75) is 36.9 Å². The lowest BCUT2D eigenvalue weighted by atomic mass is 9.84. The first kappa shape index (κ1) is 31.7. The predicted molar refractivity (Wildman–Crippen MR) is 182 cm³/mol. The highest BCUT2D eigenvalue weighted by molar-refractivity contribution is 5.98. The summed E-state index contributed by atoms with van der Waals surface area (Å²) in [7, 11) is 1.29. The van der Waals surface area contributed by atoms with Crippen molar-refractivity contribution in [3.05, 3.63) is 144 Å². The number of aromatic nitrogens is 2. The van der Waals surface area contributed by atoms with Crippen LogP contribution in [0.1, 0.15) is 40.8 Å². The summed E-state index contributed by atoms with van der Waals surface area (Å²) >= 11 is 0. The molecular weight excluding hydrogens is 590 g/mol. The van der Waals surface area contributed by atoms with Crippen molar-refractivity contribution in [2.75, 3.05) is 25.6 Å². The maximum absolute atomic E-state index is 14.0. The van der Waals surface area contributed by atoms with E-state index in [9.17, 15) is 9.59 Å². The van der Waals surface area contributed by atoms with Gasteiger partial charge >= 0.3 is 6.09 Å². The largest absolute Gasteiger partial charge is 0.453 e. The second-order valence-corrected chi connectivity index (χ2v) is 11.6. The van der Waals surface area contributed by atoms with Gasteiger partial charge in [-0.2, -0.15) is 0 Å². The highest BCUT2D eigenvalue weighted by atomic mass is 16.5. The van der Waals surface area contributed by atoms with E-state index in [4.69, 9.17) is 9.47 Å². The first-order valence-electron chi connectivity index (χ1n) is 15.9. The molecule has 1 aromatic heterocycles. The molecule has 47 heavy (non-hydrogen) atoms. The number of anilines is 1. The molecule has 240 valence electrons. The Morgan fingerprint density at radius 1 is 0.894 bits per heavy atom. The van der Waals surface area contributed by atoms with Gasteiger partial charge in [-0.1, -0.05) is 109 Å². The highest BCUT2D eigenvalue weighted by Crippen LogP contribution is 2.30. The van der Waals surface area contributed by atoms with Gasteiger partial charge in [0, 0.05) is 23.7 Å². The van der Waals surface area contributed by atoms with Gasteiger partial charge in [0.05, 0.1) is 37.8 Å². The van der Waals surface area contributed by atoms with Crippen molar-refractivity contribution in [1.29, 1.82) is 0 Å². The first-order valence-corrected chi connectivity index (χ1v) is 15.9. The van der Waals surface area contributed by atoms with Crippen LogP contribution >= 0.6 is 0 Å². The lowest BCUT2D eigenvalue weighted by Crippen LogP contribution is -2.48. The monoisotopic (exact) mass is 629 g/mol. The Balaban J connectivity index is 1.12. The van der Waals surface area contributed by atoms with Gasteiger partial charge in [-0.25, -0.2) is 9.78 Å². The smallest absolute Gasteiger partial charge is 0.407 e. The summed E-state index contributed by atoms with van der Waals surface area (Å²) in [5.74, 6) is 0.0523. The quantitative estimate of drug-likeness (QED) is 0.138. The minimum atomic E-state index is -0.937. The molecule has 3 atom stereocenters. The van der Waals surface area contributed by atoms with Crippen LogP contribution in [0, 0.1) is 0 Å². The van der Waals surface area contributed by atoms with Crippen molar-refractivity contribution in [3.8, 4) is 11.4 Å². The molecule has 3 unspecified atom stereocenters. The van der Waals surface area contributed by atoms with Gasteiger partial charge in [0.25, 0.3) is 0 Å². The number of benzene rings is 4. The number of hydrogen-bond acceptors (Lipinski definition) is 6. The van der Waals surface area contributed by atoms with E-state index in [2.05, 4.69) is 25.9 Å². The van der Waals surface area contributed by atoms with Crippen LogP contribution in [0.25, 0.3) is 11.4 Å². The minimum absolute atomic E-state index is 0.0146. The molecule has 0 spiro atoms. The van der Waals surface area contributed by atoms with Gasteiger partial charge in [0.2, 0.25) is 5.91 Å². The van der Waals surface area contributed by atoms with Crippen LogP contribution in [-0.4, -0.2) is 54.4 Å². The molecule has 2 heterocycles. The topological polar surface area (TPSA) is 117 Å². The molecular formula is C38H39N5O4. The molecule has 9 nitrogen and oxygen atoms in total. The number of ether oxygens (including phenoxy) is 2. The summed E-state index contributed by atoms with van der Waals surface area (Å²) in [4.78, 5) is 34.6. The third-order valence-electron chi connectivity index (χ3n) is 8.51. The SMILES string of the molecule is COC(=O)NC(C(=O)Nc1ccccc1CCC1CNC(c2cnc(-c3ccccc3)[nH]2)CO1)C(c1ccccc1)c1ccccc1. The predicted octanol–water partition coefficient (Wildman–Crippen LogP) is 6.23. The van der Waals surface area contributed by atoms with E-state index in [1.165, 1.54) is 7.11 Å². The Kier molecular flexibility index (Phi) is 10.4. The molecule has 5 aromatic rings. The average Bonchev–Trinajstić information content (AvgIpc) is 3.63. The van der Waals surface area contributed by atoms with Crippen LogP contribution in [0.2, 0.25) is 0 Å². The van der Waals surface area contributed by atoms with Crippen LogP contribution < -0.4 is 16.0 Å². The molecule has 0 aliphatic carbocycles. The van der Waals surface area contributed by atoms with E-state index in [1.807, 2.05) is 121 Å². The van der Waals surface area contributed by atoms with Gasteiger partial charge in [0.15, 0.2) is 0 Å². The number of morpholine rings is 1. The average molecular weight is 630 g/mol.